The van der Waals surface area contributed by atoms with Crippen LogP contribution < -0.4 is 0 Å². The van der Waals surface area contributed by atoms with Gasteiger partial charge in [0.2, 0.25) is 11.3 Å². The maximum absolute atomic E-state index is 10.7. The monoisotopic (exact) mass is 219 g/mol. The third kappa shape index (κ3) is 3.44. The lowest BCUT2D eigenvalue weighted by Crippen LogP contribution is -2.23. The molecule has 1 rings (SSSR count). The molecule has 0 amide bonds. The molecule has 0 saturated heterocycles. The smallest absolute Gasteiger partial charge is 0.235 e. The van der Waals surface area contributed by atoms with Crippen LogP contribution in [-0.2, 0) is 17.8 Å². The highest BCUT2D eigenvalue weighted by Gasteiger charge is 2.09. The first kappa shape index (κ1) is 10.7. The summed E-state index contributed by atoms with van der Waals surface area (Å²) >= 11 is 3.48. The maximum Gasteiger partial charge on any atom is 0.235 e. The van der Waals surface area contributed by atoms with E-state index >= 15 is 0 Å². The Morgan fingerprint density at radius 2 is 2.00 bits per heavy atom. The van der Waals surface area contributed by atoms with Crippen molar-refractivity contribution in [1.82, 2.24) is 4.31 Å². The van der Waals surface area contributed by atoms with Crippen LogP contribution >= 0.6 is 11.6 Å². The first-order valence-electron chi connectivity index (χ1n) is 3.70. The summed E-state index contributed by atoms with van der Waals surface area (Å²) in [5, 5.41) is 0. The van der Waals surface area contributed by atoms with E-state index in [4.69, 9.17) is 16.2 Å². The van der Waals surface area contributed by atoms with Crippen LogP contribution in [0, 0.1) is 0 Å². The van der Waals surface area contributed by atoms with Crippen molar-refractivity contribution in [2.24, 2.45) is 0 Å². The average molecular weight is 220 g/mol. The summed E-state index contributed by atoms with van der Waals surface area (Å²) in [6.07, 6.45) is 0. The zero-order valence-corrected chi connectivity index (χ0v) is 8.46. The lowest BCUT2D eigenvalue weighted by Gasteiger charge is -2.13. The van der Waals surface area contributed by atoms with E-state index in [9.17, 15) is 4.21 Å². The Bertz CT molecular complexity index is 281. The fourth-order valence-corrected chi connectivity index (χ4v) is 1.60. The molecular formula is C8H10ClNO2S. The fraction of sp³-hybridized carbons (Fsp3) is 0.250. The summed E-state index contributed by atoms with van der Waals surface area (Å²) in [4.78, 5) is 0. The Labute approximate surface area is 84.7 Å². The molecule has 0 heterocycles. The van der Waals surface area contributed by atoms with Crippen molar-refractivity contribution < 1.29 is 8.76 Å². The van der Waals surface area contributed by atoms with E-state index in [1.807, 2.05) is 30.3 Å². The first-order valence-corrected chi connectivity index (χ1v) is 5.29. The fourth-order valence-electron chi connectivity index (χ4n) is 0.926. The Balaban J connectivity index is 2.62. The molecule has 1 aromatic carbocycles. The van der Waals surface area contributed by atoms with Crippen LogP contribution in [0.1, 0.15) is 5.56 Å². The largest absolute Gasteiger partial charge is 0.294 e. The van der Waals surface area contributed by atoms with E-state index in [2.05, 4.69) is 0 Å². The topological polar surface area (TPSA) is 40.5 Å². The second-order valence-corrected chi connectivity index (χ2v) is 3.69. The number of rotatable bonds is 4. The van der Waals surface area contributed by atoms with Crippen LogP contribution in [0.25, 0.3) is 0 Å². The van der Waals surface area contributed by atoms with Crippen molar-refractivity contribution in [3.05, 3.63) is 35.9 Å². The highest BCUT2D eigenvalue weighted by Crippen LogP contribution is 2.06. The SMILES string of the molecule is O=S(O)N(CCl)Cc1ccccc1. The standard InChI is InChI=1S/C8H10ClNO2S/c9-7-10(13(11)12)6-8-4-2-1-3-5-8/h1-5H,6-7H2,(H,11,12). The molecule has 0 aliphatic carbocycles. The van der Waals surface area contributed by atoms with Gasteiger partial charge >= 0.3 is 0 Å². The minimum Gasteiger partial charge on any atom is -0.294 e. The first-order chi connectivity index (χ1) is 6.24. The summed E-state index contributed by atoms with van der Waals surface area (Å²) < 4.78 is 20.7. The molecular weight excluding hydrogens is 210 g/mol. The van der Waals surface area contributed by atoms with Gasteiger partial charge in [-0.2, -0.15) is 4.31 Å². The van der Waals surface area contributed by atoms with E-state index in [0.29, 0.717) is 6.54 Å². The van der Waals surface area contributed by atoms with Crippen LogP contribution in [0.4, 0.5) is 0 Å². The second kappa shape index (κ2) is 5.34. The molecule has 0 spiro atoms. The molecule has 0 saturated carbocycles. The van der Waals surface area contributed by atoms with Crippen LogP contribution in [0.2, 0.25) is 0 Å². The number of nitrogens with zero attached hydrogens (tertiary/aromatic N) is 1. The van der Waals surface area contributed by atoms with Crippen molar-refractivity contribution in [3.63, 3.8) is 0 Å². The van der Waals surface area contributed by atoms with Crippen molar-refractivity contribution in [3.8, 4) is 0 Å². The van der Waals surface area contributed by atoms with E-state index in [1.165, 1.54) is 4.31 Å². The average Bonchev–Trinajstić information content (AvgIpc) is 2.15. The lowest BCUT2D eigenvalue weighted by molar-refractivity contribution is 0.432. The number of hydrogen-bond acceptors (Lipinski definition) is 1. The summed E-state index contributed by atoms with van der Waals surface area (Å²) in [5.41, 5.74) is 0.963. The summed E-state index contributed by atoms with van der Waals surface area (Å²) in [7, 11) is 0. The summed E-state index contributed by atoms with van der Waals surface area (Å²) in [6, 6.07) is 9.45. The van der Waals surface area contributed by atoms with Crippen LogP contribution in [-0.4, -0.2) is 19.1 Å². The molecule has 1 aromatic rings. The minimum absolute atomic E-state index is 0.0397. The van der Waals surface area contributed by atoms with Crippen LogP contribution in [0.3, 0.4) is 0 Å². The van der Waals surface area contributed by atoms with Gasteiger partial charge in [0.1, 0.15) is 0 Å². The third-order valence-corrected chi connectivity index (χ3v) is 2.69. The van der Waals surface area contributed by atoms with Gasteiger partial charge in [-0.3, -0.25) is 4.55 Å². The van der Waals surface area contributed by atoms with Gasteiger partial charge in [0.15, 0.2) is 0 Å². The van der Waals surface area contributed by atoms with Crippen LogP contribution in [0.15, 0.2) is 30.3 Å². The molecule has 13 heavy (non-hydrogen) atoms. The summed E-state index contributed by atoms with van der Waals surface area (Å²) in [5.74, 6) is 0. The van der Waals surface area contributed by atoms with Gasteiger partial charge < -0.3 is 0 Å². The molecule has 0 bridgehead atoms. The zero-order chi connectivity index (χ0) is 9.68. The Kier molecular flexibility index (Phi) is 4.38. The molecule has 0 aliphatic heterocycles. The molecule has 3 nitrogen and oxygen atoms in total. The van der Waals surface area contributed by atoms with E-state index in [1.54, 1.807) is 0 Å². The third-order valence-electron chi connectivity index (χ3n) is 1.56. The molecule has 1 unspecified atom stereocenters. The molecule has 72 valence electrons. The van der Waals surface area contributed by atoms with E-state index in [-0.39, 0.29) is 6.00 Å². The zero-order valence-electron chi connectivity index (χ0n) is 6.89. The quantitative estimate of drug-likeness (QED) is 0.477. The van der Waals surface area contributed by atoms with E-state index in [0.717, 1.165) is 5.56 Å². The van der Waals surface area contributed by atoms with Gasteiger partial charge in [-0.05, 0) is 5.56 Å². The van der Waals surface area contributed by atoms with Gasteiger partial charge in [0, 0.05) is 6.54 Å². The maximum atomic E-state index is 10.7. The minimum atomic E-state index is -2.00. The molecule has 0 aliphatic rings. The highest BCUT2D eigenvalue weighted by atomic mass is 35.5. The predicted octanol–water partition coefficient (Wildman–Crippen LogP) is 1.82. The number of benzene rings is 1. The van der Waals surface area contributed by atoms with Gasteiger partial charge in [-0.25, -0.2) is 4.21 Å². The molecule has 0 fully saturated rings. The van der Waals surface area contributed by atoms with E-state index < -0.39 is 11.3 Å². The molecule has 1 atom stereocenters. The van der Waals surface area contributed by atoms with Gasteiger partial charge in [0.25, 0.3) is 0 Å². The predicted molar refractivity (Wildman–Crippen MR) is 53.5 cm³/mol. The summed E-state index contributed by atoms with van der Waals surface area (Å²) in [6.45, 7) is 0.382. The number of hydrogen-bond donors (Lipinski definition) is 1. The number of alkyl halides is 1. The highest BCUT2D eigenvalue weighted by molar-refractivity contribution is 7.76. The van der Waals surface area contributed by atoms with Crippen LogP contribution in [0.5, 0.6) is 0 Å². The number of halogens is 1. The Morgan fingerprint density at radius 1 is 1.38 bits per heavy atom. The molecule has 5 heteroatoms. The molecule has 0 aromatic heterocycles. The second-order valence-electron chi connectivity index (χ2n) is 2.48. The Morgan fingerprint density at radius 3 is 2.46 bits per heavy atom. The van der Waals surface area contributed by atoms with Crippen molar-refractivity contribution in [2.45, 2.75) is 6.54 Å². The van der Waals surface area contributed by atoms with Gasteiger partial charge in [-0.15, -0.1) is 11.6 Å². The van der Waals surface area contributed by atoms with Crippen molar-refractivity contribution in [1.29, 1.82) is 0 Å². The normalized spacial score (nSPS) is 13.2. The molecule has 0 radical (unpaired) electrons. The Hall–Kier alpha value is -0.420. The van der Waals surface area contributed by atoms with Gasteiger partial charge in [0.05, 0.1) is 6.00 Å². The lowest BCUT2D eigenvalue weighted by atomic mass is 10.2. The van der Waals surface area contributed by atoms with Gasteiger partial charge in [-0.1, -0.05) is 30.3 Å². The van der Waals surface area contributed by atoms with Crippen molar-refractivity contribution >= 4 is 22.9 Å². The van der Waals surface area contributed by atoms with Crippen molar-refractivity contribution in [2.75, 3.05) is 6.00 Å². The molecule has 1 N–H and O–H groups in total.